The van der Waals surface area contributed by atoms with Crippen LogP contribution in [0.25, 0.3) is 0 Å². The number of nitrogens with one attached hydrogen (secondary N) is 1. The molecule has 0 aliphatic carbocycles. The summed E-state index contributed by atoms with van der Waals surface area (Å²) in [7, 11) is 0. The van der Waals surface area contributed by atoms with Crippen LogP contribution < -0.4 is 5.32 Å². The van der Waals surface area contributed by atoms with Crippen LogP contribution in [0.3, 0.4) is 0 Å². The molecule has 108 valence electrons. The summed E-state index contributed by atoms with van der Waals surface area (Å²) in [6.45, 7) is 5.66. The highest BCUT2D eigenvalue weighted by atomic mass is 32.2. The molecule has 0 aliphatic heterocycles. The van der Waals surface area contributed by atoms with Crippen LogP contribution in [0.5, 0.6) is 0 Å². The normalized spacial score (nSPS) is 12.6. The maximum Gasteiger partial charge on any atom is 0.0291 e. The van der Waals surface area contributed by atoms with Crippen LogP contribution in [0, 0.1) is 0 Å². The average molecular weight is 279 g/mol. The molecule has 1 rings (SSSR count). The summed E-state index contributed by atoms with van der Waals surface area (Å²) in [5, 5.41) is 3.62. The first-order chi connectivity index (χ1) is 9.27. The van der Waals surface area contributed by atoms with E-state index in [1.165, 1.54) is 49.0 Å². The molecule has 1 atom stereocenters. The van der Waals surface area contributed by atoms with E-state index in [-0.39, 0.29) is 0 Å². The zero-order chi connectivity index (χ0) is 13.9. The van der Waals surface area contributed by atoms with E-state index in [1.807, 2.05) is 0 Å². The molecule has 19 heavy (non-hydrogen) atoms. The van der Waals surface area contributed by atoms with Crippen molar-refractivity contribution < 1.29 is 0 Å². The van der Waals surface area contributed by atoms with E-state index < -0.39 is 0 Å². The van der Waals surface area contributed by atoms with Crippen molar-refractivity contribution in [1.82, 2.24) is 5.32 Å². The van der Waals surface area contributed by atoms with Crippen LogP contribution >= 0.6 is 11.8 Å². The first kappa shape index (κ1) is 16.6. The highest BCUT2D eigenvalue weighted by Crippen LogP contribution is 2.18. The highest BCUT2D eigenvalue weighted by Gasteiger charge is 2.03. The van der Waals surface area contributed by atoms with Crippen molar-refractivity contribution >= 4 is 11.8 Å². The predicted octanol–water partition coefficient (Wildman–Crippen LogP) is 5.42. The summed E-state index contributed by atoms with van der Waals surface area (Å²) >= 11 is 1.80. The van der Waals surface area contributed by atoms with E-state index in [0.717, 1.165) is 6.54 Å². The van der Waals surface area contributed by atoms with Gasteiger partial charge in [-0.2, -0.15) is 0 Å². The van der Waals surface area contributed by atoms with Gasteiger partial charge in [0.25, 0.3) is 0 Å². The van der Waals surface area contributed by atoms with Gasteiger partial charge in [0.15, 0.2) is 0 Å². The van der Waals surface area contributed by atoms with Crippen molar-refractivity contribution in [2.45, 2.75) is 63.3 Å². The van der Waals surface area contributed by atoms with Crippen LogP contribution in [0.2, 0.25) is 0 Å². The maximum atomic E-state index is 3.62. The molecule has 0 fully saturated rings. The summed E-state index contributed by atoms with van der Waals surface area (Å²) in [4.78, 5) is 1.34. The van der Waals surface area contributed by atoms with Gasteiger partial charge in [-0.25, -0.2) is 0 Å². The molecule has 0 aliphatic rings. The fourth-order valence-electron chi connectivity index (χ4n) is 2.23. The number of hydrogen-bond donors (Lipinski definition) is 1. The fraction of sp³-hybridized carbons (Fsp3) is 0.647. The molecule has 0 saturated heterocycles. The van der Waals surface area contributed by atoms with Gasteiger partial charge in [-0.1, -0.05) is 51.2 Å². The third-order valence-electron chi connectivity index (χ3n) is 3.60. The minimum Gasteiger partial charge on any atom is -0.310 e. The van der Waals surface area contributed by atoms with Crippen LogP contribution in [-0.2, 0) is 0 Å². The van der Waals surface area contributed by atoms with Gasteiger partial charge in [0.1, 0.15) is 0 Å². The highest BCUT2D eigenvalue weighted by molar-refractivity contribution is 7.98. The summed E-state index contributed by atoms with van der Waals surface area (Å²) in [5.41, 5.74) is 1.39. The second kappa shape index (κ2) is 10.3. The van der Waals surface area contributed by atoms with Gasteiger partial charge in [-0.3, -0.25) is 0 Å². The molecule has 0 bridgehead atoms. The summed E-state index contributed by atoms with van der Waals surface area (Å²) < 4.78 is 0. The molecule has 1 aromatic carbocycles. The van der Waals surface area contributed by atoms with Crippen molar-refractivity contribution in [3.8, 4) is 0 Å². The fourth-order valence-corrected chi connectivity index (χ4v) is 2.64. The Labute approximate surface area is 123 Å². The first-order valence-electron chi connectivity index (χ1n) is 7.65. The lowest BCUT2D eigenvalue weighted by atomic mass is 10.1. The van der Waals surface area contributed by atoms with E-state index in [1.54, 1.807) is 11.8 Å². The van der Waals surface area contributed by atoms with E-state index in [2.05, 4.69) is 49.7 Å². The van der Waals surface area contributed by atoms with Crippen molar-refractivity contribution in [2.24, 2.45) is 0 Å². The summed E-state index contributed by atoms with van der Waals surface area (Å²) in [6, 6.07) is 9.37. The Morgan fingerprint density at radius 2 is 1.63 bits per heavy atom. The number of unbranched alkanes of at least 4 members (excludes halogenated alkanes) is 5. The number of hydrogen-bond acceptors (Lipinski definition) is 2. The number of thioether (sulfide) groups is 1. The number of benzene rings is 1. The topological polar surface area (TPSA) is 12.0 Å². The Kier molecular flexibility index (Phi) is 9.02. The Bertz CT molecular complexity index is 321. The van der Waals surface area contributed by atoms with Gasteiger partial charge >= 0.3 is 0 Å². The lowest BCUT2D eigenvalue weighted by molar-refractivity contribution is 0.527. The Morgan fingerprint density at radius 1 is 1.00 bits per heavy atom. The molecule has 0 aromatic heterocycles. The molecule has 0 spiro atoms. The Balaban J connectivity index is 2.14. The molecule has 2 heteroatoms. The van der Waals surface area contributed by atoms with Gasteiger partial charge in [0, 0.05) is 10.9 Å². The van der Waals surface area contributed by atoms with Crippen molar-refractivity contribution in [1.29, 1.82) is 0 Å². The minimum atomic E-state index is 0.464. The van der Waals surface area contributed by atoms with E-state index in [4.69, 9.17) is 0 Å². The van der Waals surface area contributed by atoms with Gasteiger partial charge in [-0.05, 0) is 43.8 Å². The zero-order valence-corrected chi connectivity index (χ0v) is 13.6. The van der Waals surface area contributed by atoms with Gasteiger partial charge in [0.05, 0.1) is 0 Å². The quantitative estimate of drug-likeness (QED) is 0.453. The van der Waals surface area contributed by atoms with Crippen LogP contribution in [0.1, 0.15) is 64.0 Å². The SMILES string of the molecule is CCCCCCCCNC(C)c1ccc(SC)cc1. The third-order valence-corrected chi connectivity index (χ3v) is 4.34. The first-order valence-corrected chi connectivity index (χ1v) is 8.87. The molecule has 1 aromatic rings. The van der Waals surface area contributed by atoms with E-state index in [0.29, 0.717) is 6.04 Å². The average Bonchev–Trinajstić information content (AvgIpc) is 2.46. The number of rotatable bonds is 10. The molecule has 0 amide bonds. The standard InChI is InChI=1S/C17H29NS/c1-4-5-6-7-8-9-14-18-15(2)16-10-12-17(19-3)13-11-16/h10-13,15,18H,4-9,14H2,1-3H3. The molecule has 0 saturated carbocycles. The molecule has 0 radical (unpaired) electrons. The van der Waals surface area contributed by atoms with Crippen LogP contribution in [0.15, 0.2) is 29.2 Å². The van der Waals surface area contributed by atoms with Crippen LogP contribution in [0.4, 0.5) is 0 Å². The van der Waals surface area contributed by atoms with Crippen molar-refractivity contribution in [2.75, 3.05) is 12.8 Å². The van der Waals surface area contributed by atoms with Crippen molar-refractivity contribution in [3.63, 3.8) is 0 Å². The predicted molar refractivity (Wildman–Crippen MR) is 88.0 cm³/mol. The van der Waals surface area contributed by atoms with Crippen LogP contribution in [-0.4, -0.2) is 12.8 Å². The second-order valence-electron chi connectivity index (χ2n) is 5.22. The van der Waals surface area contributed by atoms with Gasteiger partial charge in [0.2, 0.25) is 0 Å². The lowest BCUT2D eigenvalue weighted by Gasteiger charge is -2.14. The second-order valence-corrected chi connectivity index (χ2v) is 6.10. The Morgan fingerprint density at radius 3 is 2.26 bits per heavy atom. The van der Waals surface area contributed by atoms with Crippen molar-refractivity contribution in [3.05, 3.63) is 29.8 Å². The minimum absolute atomic E-state index is 0.464. The van der Waals surface area contributed by atoms with E-state index in [9.17, 15) is 0 Å². The van der Waals surface area contributed by atoms with Gasteiger partial charge < -0.3 is 5.32 Å². The molecule has 1 nitrogen and oxygen atoms in total. The molecule has 1 N–H and O–H groups in total. The summed E-state index contributed by atoms with van der Waals surface area (Å²) in [5.74, 6) is 0. The molecule has 0 heterocycles. The third kappa shape index (κ3) is 7.03. The summed E-state index contributed by atoms with van der Waals surface area (Å²) in [6.07, 6.45) is 10.3. The monoisotopic (exact) mass is 279 g/mol. The molecule has 1 unspecified atom stereocenters. The maximum absolute atomic E-state index is 3.62. The largest absolute Gasteiger partial charge is 0.310 e. The smallest absolute Gasteiger partial charge is 0.0291 e. The van der Waals surface area contributed by atoms with E-state index >= 15 is 0 Å². The van der Waals surface area contributed by atoms with Gasteiger partial charge in [-0.15, -0.1) is 11.8 Å². The molecular formula is C17H29NS. The zero-order valence-electron chi connectivity index (χ0n) is 12.7. The molecular weight excluding hydrogens is 250 g/mol. The Hall–Kier alpha value is -0.470. The lowest BCUT2D eigenvalue weighted by Crippen LogP contribution is -2.19.